The first-order valence-corrected chi connectivity index (χ1v) is 11.9. The number of furan rings is 1. The van der Waals surface area contributed by atoms with Crippen molar-refractivity contribution in [1.29, 1.82) is 0 Å². The summed E-state index contributed by atoms with van der Waals surface area (Å²) in [7, 11) is 0. The lowest BCUT2D eigenvalue weighted by Crippen LogP contribution is -2.17. The van der Waals surface area contributed by atoms with Gasteiger partial charge in [0.1, 0.15) is 5.76 Å². The summed E-state index contributed by atoms with van der Waals surface area (Å²) in [4.78, 5) is 24.9. The predicted octanol–water partition coefficient (Wildman–Crippen LogP) is 4.56. The van der Waals surface area contributed by atoms with Crippen molar-refractivity contribution < 1.29 is 23.5 Å². The molecule has 0 saturated heterocycles. The predicted molar refractivity (Wildman–Crippen MR) is 130 cm³/mol. The fourth-order valence-corrected chi connectivity index (χ4v) is 4.51. The van der Waals surface area contributed by atoms with Crippen LogP contribution in [0.5, 0.6) is 11.5 Å². The number of anilines is 1. The van der Waals surface area contributed by atoms with E-state index in [1.165, 1.54) is 18.7 Å². The van der Waals surface area contributed by atoms with Crippen LogP contribution in [0.15, 0.2) is 64.4 Å². The number of ketones is 1. The van der Waals surface area contributed by atoms with E-state index in [9.17, 15) is 9.59 Å². The second-order valence-corrected chi connectivity index (χ2v) is 8.85. The first-order valence-electron chi connectivity index (χ1n) is 10.9. The summed E-state index contributed by atoms with van der Waals surface area (Å²) in [5, 5.41) is 12.1. The normalized spacial score (nSPS) is 12.1. The Morgan fingerprint density at radius 1 is 1.09 bits per heavy atom. The highest BCUT2D eigenvalue weighted by Gasteiger charge is 2.22. The Labute approximate surface area is 205 Å². The zero-order chi connectivity index (χ0) is 24.4. The third kappa shape index (κ3) is 4.78. The molecule has 1 N–H and O–H groups in total. The van der Waals surface area contributed by atoms with Gasteiger partial charge in [0.2, 0.25) is 12.7 Å². The first kappa shape index (κ1) is 22.7. The molecule has 0 fully saturated rings. The summed E-state index contributed by atoms with van der Waals surface area (Å²) in [6.45, 7) is 3.92. The van der Waals surface area contributed by atoms with Crippen LogP contribution in [0.2, 0.25) is 0 Å². The molecule has 0 atom stereocenters. The number of benzene rings is 2. The standard InChI is InChI=1S/C25H22N4O5S/c1-15(30)19-10-21-22(34-14-33-21)11-20(19)26-23(31)13-35-25-28-27-24(18-8-9-32-16(18)2)29(25)12-17-6-4-3-5-7-17/h3-11H,12-14H2,1-2H3,(H,26,31). The number of fused-ring (bicyclic) bond motifs is 1. The number of hydrogen-bond acceptors (Lipinski definition) is 8. The van der Waals surface area contributed by atoms with E-state index in [1.807, 2.05) is 47.9 Å². The molecule has 1 aliphatic rings. The molecule has 35 heavy (non-hydrogen) atoms. The van der Waals surface area contributed by atoms with Gasteiger partial charge in [0.05, 0.1) is 29.8 Å². The lowest BCUT2D eigenvalue weighted by Gasteiger charge is -2.12. The molecule has 1 amide bonds. The van der Waals surface area contributed by atoms with Gasteiger partial charge in [-0.3, -0.25) is 14.2 Å². The van der Waals surface area contributed by atoms with Crippen LogP contribution in [-0.2, 0) is 11.3 Å². The fourth-order valence-electron chi connectivity index (χ4n) is 3.77. The van der Waals surface area contributed by atoms with Crippen molar-refractivity contribution in [2.75, 3.05) is 17.9 Å². The van der Waals surface area contributed by atoms with Crippen LogP contribution < -0.4 is 14.8 Å². The number of aromatic nitrogens is 3. The van der Waals surface area contributed by atoms with E-state index < -0.39 is 0 Å². The van der Waals surface area contributed by atoms with Gasteiger partial charge in [-0.05, 0) is 31.5 Å². The summed E-state index contributed by atoms with van der Waals surface area (Å²) in [5.74, 6) is 1.97. The highest BCUT2D eigenvalue weighted by molar-refractivity contribution is 7.99. The molecular weight excluding hydrogens is 468 g/mol. The molecule has 2 aromatic carbocycles. The molecule has 9 nitrogen and oxygen atoms in total. The van der Waals surface area contributed by atoms with E-state index in [0.717, 1.165) is 16.9 Å². The molecule has 0 bridgehead atoms. The van der Waals surface area contributed by atoms with E-state index in [1.54, 1.807) is 18.4 Å². The highest BCUT2D eigenvalue weighted by atomic mass is 32.2. The molecule has 10 heteroatoms. The van der Waals surface area contributed by atoms with Crippen molar-refractivity contribution in [2.24, 2.45) is 0 Å². The molecule has 0 spiro atoms. The van der Waals surface area contributed by atoms with Gasteiger partial charge in [0.25, 0.3) is 0 Å². The molecule has 4 aromatic rings. The van der Waals surface area contributed by atoms with Crippen molar-refractivity contribution in [3.05, 3.63) is 71.7 Å². The number of nitrogens with one attached hydrogen (secondary N) is 1. The number of amides is 1. The number of aryl methyl sites for hydroxylation is 1. The van der Waals surface area contributed by atoms with Gasteiger partial charge < -0.3 is 19.2 Å². The van der Waals surface area contributed by atoms with Crippen LogP contribution in [0.1, 0.15) is 28.6 Å². The minimum absolute atomic E-state index is 0.0725. The average Bonchev–Trinajstić information content (AvgIpc) is 3.57. The van der Waals surface area contributed by atoms with Crippen molar-refractivity contribution in [3.8, 4) is 22.9 Å². The quantitative estimate of drug-likeness (QED) is 0.283. The fraction of sp³-hybridized carbons (Fsp3) is 0.200. The van der Waals surface area contributed by atoms with Crippen LogP contribution >= 0.6 is 11.8 Å². The molecule has 5 rings (SSSR count). The lowest BCUT2D eigenvalue weighted by molar-refractivity contribution is -0.113. The number of carbonyl (C=O) groups is 2. The van der Waals surface area contributed by atoms with Gasteiger partial charge in [-0.25, -0.2) is 0 Å². The topological polar surface area (TPSA) is 108 Å². The molecule has 2 aromatic heterocycles. The number of carbonyl (C=O) groups excluding carboxylic acids is 2. The molecular formula is C25H22N4O5S. The summed E-state index contributed by atoms with van der Waals surface area (Å²) in [6.07, 6.45) is 1.62. The number of nitrogens with zero attached hydrogens (tertiary/aromatic N) is 3. The van der Waals surface area contributed by atoms with Crippen molar-refractivity contribution in [3.63, 3.8) is 0 Å². The SMILES string of the molecule is CC(=O)c1cc2c(cc1NC(=O)CSc1nnc(-c3ccoc3C)n1Cc1ccccc1)OCO2. The molecule has 3 heterocycles. The molecule has 0 aliphatic carbocycles. The Bertz CT molecular complexity index is 1400. The summed E-state index contributed by atoms with van der Waals surface area (Å²) >= 11 is 1.26. The van der Waals surface area contributed by atoms with Gasteiger partial charge in [-0.1, -0.05) is 42.1 Å². The maximum atomic E-state index is 12.8. The van der Waals surface area contributed by atoms with Gasteiger partial charge in [0, 0.05) is 11.6 Å². The largest absolute Gasteiger partial charge is 0.469 e. The van der Waals surface area contributed by atoms with E-state index in [-0.39, 0.29) is 24.2 Å². The van der Waals surface area contributed by atoms with E-state index >= 15 is 0 Å². The second kappa shape index (κ2) is 9.67. The molecule has 178 valence electrons. The van der Waals surface area contributed by atoms with E-state index in [4.69, 9.17) is 13.9 Å². The smallest absolute Gasteiger partial charge is 0.234 e. The Morgan fingerprint density at radius 2 is 1.86 bits per heavy atom. The van der Waals surface area contributed by atoms with Gasteiger partial charge in [-0.15, -0.1) is 10.2 Å². The number of ether oxygens (including phenoxy) is 2. The average molecular weight is 491 g/mol. The van der Waals surface area contributed by atoms with Crippen molar-refractivity contribution in [1.82, 2.24) is 14.8 Å². The maximum Gasteiger partial charge on any atom is 0.234 e. The maximum absolute atomic E-state index is 12.8. The Balaban J connectivity index is 1.36. The summed E-state index contributed by atoms with van der Waals surface area (Å²) in [5.41, 5.74) is 2.66. The monoisotopic (exact) mass is 490 g/mol. The third-order valence-electron chi connectivity index (χ3n) is 5.50. The van der Waals surface area contributed by atoms with E-state index in [0.29, 0.717) is 40.3 Å². The zero-order valence-corrected chi connectivity index (χ0v) is 19.9. The minimum Gasteiger partial charge on any atom is -0.469 e. The van der Waals surface area contributed by atoms with Crippen LogP contribution in [0, 0.1) is 6.92 Å². The Kier molecular flexibility index (Phi) is 6.28. The van der Waals surface area contributed by atoms with Crippen LogP contribution in [-0.4, -0.2) is 39.0 Å². The lowest BCUT2D eigenvalue weighted by atomic mass is 10.1. The van der Waals surface area contributed by atoms with E-state index in [2.05, 4.69) is 15.5 Å². The van der Waals surface area contributed by atoms with Gasteiger partial charge in [0.15, 0.2) is 28.3 Å². The summed E-state index contributed by atoms with van der Waals surface area (Å²) < 4.78 is 18.2. The van der Waals surface area contributed by atoms with Crippen LogP contribution in [0.4, 0.5) is 5.69 Å². The number of rotatable bonds is 8. The molecule has 0 radical (unpaired) electrons. The van der Waals surface area contributed by atoms with Crippen LogP contribution in [0.3, 0.4) is 0 Å². The molecule has 1 aliphatic heterocycles. The van der Waals surface area contributed by atoms with Gasteiger partial charge >= 0.3 is 0 Å². The molecule has 0 unspecified atom stereocenters. The summed E-state index contributed by atoms with van der Waals surface area (Å²) in [6, 6.07) is 15.0. The highest BCUT2D eigenvalue weighted by Crippen LogP contribution is 2.37. The third-order valence-corrected chi connectivity index (χ3v) is 6.47. The van der Waals surface area contributed by atoms with Crippen LogP contribution in [0.25, 0.3) is 11.4 Å². The number of Topliss-reactive ketones (excluding diaryl/α,β-unsaturated/α-hetero) is 1. The Hall–Kier alpha value is -4.05. The molecule has 0 saturated carbocycles. The zero-order valence-electron chi connectivity index (χ0n) is 19.1. The minimum atomic E-state index is -0.285. The second-order valence-electron chi connectivity index (χ2n) is 7.91. The van der Waals surface area contributed by atoms with Crippen molar-refractivity contribution >= 4 is 29.1 Å². The number of thioether (sulfide) groups is 1. The van der Waals surface area contributed by atoms with Gasteiger partial charge in [-0.2, -0.15) is 0 Å². The number of hydrogen-bond donors (Lipinski definition) is 1. The Morgan fingerprint density at radius 3 is 2.57 bits per heavy atom. The first-order chi connectivity index (χ1) is 17.0. The van der Waals surface area contributed by atoms with Crippen molar-refractivity contribution in [2.45, 2.75) is 25.5 Å².